The van der Waals surface area contributed by atoms with E-state index in [4.69, 9.17) is 4.74 Å². The predicted octanol–water partition coefficient (Wildman–Crippen LogP) is 3.39. The highest BCUT2D eigenvalue weighted by atomic mass is 32.2. The average molecular weight is 588 g/mol. The number of carbonyl (C=O) groups is 3. The van der Waals surface area contributed by atoms with Crippen LogP contribution in [-0.4, -0.2) is 49.7 Å². The van der Waals surface area contributed by atoms with E-state index in [1.807, 2.05) is 60.7 Å². The molecule has 1 aliphatic heterocycles. The summed E-state index contributed by atoms with van der Waals surface area (Å²) in [4.78, 5) is 40.8. The summed E-state index contributed by atoms with van der Waals surface area (Å²) in [6, 6.07) is 24.8. The second-order valence-electron chi connectivity index (χ2n) is 10.7. The van der Waals surface area contributed by atoms with Gasteiger partial charge in [-0.3, -0.25) is 14.4 Å². The lowest BCUT2D eigenvalue weighted by Crippen LogP contribution is -2.53. The summed E-state index contributed by atoms with van der Waals surface area (Å²) in [5.41, 5.74) is 0.370. The molecule has 3 aromatic rings. The van der Waals surface area contributed by atoms with Gasteiger partial charge in [0.05, 0.1) is 10.8 Å². The summed E-state index contributed by atoms with van der Waals surface area (Å²) in [6.45, 7) is 6.04. The van der Waals surface area contributed by atoms with E-state index in [2.05, 4.69) is 16.6 Å². The Labute approximate surface area is 245 Å². The molecule has 1 heterocycles. The van der Waals surface area contributed by atoms with E-state index in [-0.39, 0.29) is 36.3 Å². The number of ether oxygens (including phenoxy) is 1. The monoisotopic (exact) mass is 587 g/mol. The van der Waals surface area contributed by atoms with E-state index >= 15 is 0 Å². The van der Waals surface area contributed by atoms with Crippen molar-refractivity contribution < 1.29 is 27.5 Å². The summed E-state index contributed by atoms with van der Waals surface area (Å²) in [6.07, 6.45) is 1.75. The van der Waals surface area contributed by atoms with Crippen LogP contribution in [0.15, 0.2) is 102 Å². The Kier molecular flexibility index (Phi) is 8.17. The second-order valence-corrected chi connectivity index (χ2v) is 12.4. The fourth-order valence-corrected chi connectivity index (χ4v) is 6.53. The van der Waals surface area contributed by atoms with Gasteiger partial charge in [-0.2, -0.15) is 0 Å². The van der Waals surface area contributed by atoms with Gasteiger partial charge in [0.15, 0.2) is 0 Å². The number of nitrogens with zero attached hydrogens (tertiary/aromatic N) is 1. The maximum atomic E-state index is 13.7. The molecule has 3 amide bonds. The SMILES string of the molecule is C=C[C@@H]1C[C@]1(NC(=O)[C@@H]1CN(C(C)=O)C[C@H]1c1ccccc1)C(=O)NS(=O)(=O)c1cccc(OCc2ccccc2)c1. The maximum Gasteiger partial charge on any atom is 0.264 e. The summed E-state index contributed by atoms with van der Waals surface area (Å²) in [7, 11) is -4.29. The van der Waals surface area contributed by atoms with Gasteiger partial charge in [-0.1, -0.05) is 72.8 Å². The van der Waals surface area contributed by atoms with Crippen molar-refractivity contribution in [2.45, 2.75) is 36.3 Å². The van der Waals surface area contributed by atoms with Crippen molar-refractivity contribution in [1.29, 1.82) is 0 Å². The highest BCUT2D eigenvalue weighted by molar-refractivity contribution is 7.90. The number of rotatable bonds is 10. The van der Waals surface area contributed by atoms with Crippen molar-refractivity contribution >= 4 is 27.7 Å². The molecule has 4 atom stereocenters. The van der Waals surface area contributed by atoms with E-state index in [0.29, 0.717) is 12.3 Å². The van der Waals surface area contributed by atoms with Crippen LogP contribution in [0, 0.1) is 11.8 Å². The van der Waals surface area contributed by atoms with Gasteiger partial charge in [-0.05, 0) is 29.7 Å². The van der Waals surface area contributed by atoms with E-state index in [1.165, 1.54) is 31.2 Å². The molecule has 42 heavy (non-hydrogen) atoms. The largest absolute Gasteiger partial charge is 0.489 e. The van der Waals surface area contributed by atoms with Crippen molar-refractivity contribution in [2.24, 2.45) is 11.8 Å². The molecule has 5 rings (SSSR count). The molecular weight excluding hydrogens is 554 g/mol. The third kappa shape index (κ3) is 6.08. The zero-order chi connectivity index (χ0) is 29.9. The van der Waals surface area contributed by atoms with Crippen molar-refractivity contribution in [3.8, 4) is 5.75 Å². The Hall–Kier alpha value is -4.44. The first kappa shape index (κ1) is 29.1. The molecule has 0 spiro atoms. The molecule has 0 radical (unpaired) electrons. The predicted molar refractivity (Wildman–Crippen MR) is 157 cm³/mol. The van der Waals surface area contributed by atoms with Gasteiger partial charge >= 0.3 is 0 Å². The Bertz CT molecular complexity index is 1590. The number of carbonyl (C=O) groups excluding carboxylic acids is 3. The minimum absolute atomic E-state index is 0.143. The van der Waals surface area contributed by atoms with Crippen LogP contribution in [0.2, 0.25) is 0 Å². The van der Waals surface area contributed by atoms with Crippen LogP contribution in [-0.2, 0) is 31.0 Å². The molecule has 1 saturated heterocycles. The van der Waals surface area contributed by atoms with Crippen LogP contribution in [0.3, 0.4) is 0 Å². The van der Waals surface area contributed by atoms with Crippen LogP contribution >= 0.6 is 0 Å². The zero-order valence-electron chi connectivity index (χ0n) is 23.2. The number of hydrogen-bond acceptors (Lipinski definition) is 6. The summed E-state index contributed by atoms with van der Waals surface area (Å²) in [5.74, 6) is -2.39. The number of amides is 3. The zero-order valence-corrected chi connectivity index (χ0v) is 24.0. The van der Waals surface area contributed by atoms with Crippen molar-refractivity contribution in [1.82, 2.24) is 14.9 Å². The number of nitrogens with one attached hydrogen (secondary N) is 2. The first-order chi connectivity index (χ1) is 20.1. The number of benzene rings is 3. The van der Waals surface area contributed by atoms with Crippen molar-refractivity contribution in [3.63, 3.8) is 0 Å². The fourth-order valence-electron chi connectivity index (χ4n) is 5.46. The lowest BCUT2D eigenvalue weighted by Gasteiger charge is -2.23. The molecule has 0 unspecified atom stereocenters. The van der Waals surface area contributed by atoms with E-state index in [9.17, 15) is 22.8 Å². The fraction of sp³-hybridized carbons (Fsp3) is 0.281. The first-order valence-electron chi connectivity index (χ1n) is 13.7. The molecule has 0 aromatic heterocycles. The molecule has 2 N–H and O–H groups in total. The molecule has 2 fully saturated rings. The summed E-state index contributed by atoms with van der Waals surface area (Å²) >= 11 is 0. The van der Waals surface area contributed by atoms with Gasteiger partial charge in [0.25, 0.3) is 15.9 Å². The van der Waals surface area contributed by atoms with Gasteiger partial charge in [0.1, 0.15) is 17.9 Å². The highest BCUT2D eigenvalue weighted by Crippen LogP contribution is 2.46. The van der Waals surface area contributed by atoms with Crippen molar-refractivity contribution in [3.05, 3.63) is 109 Å². The maximum absolute atomic E-state index is 13.7. The van der Waals surface area contributed by atoms with Gasteiger partial charge in [-0.25, -0.2) is 13.1 Å². The first-order valence-corrected chi connectivity index (χ1v) is 15.2. The second kappa shape index (κ2) is 11.8. The Morgan fingerprint density at radius 1 is 1.00 bits per heavy atom. The minimum Gasteiger partial charge on any atom is -0.489 e. The van der Waals surface area contributed by atoms with E-state index in [0.717, 1.165) is 11.1 Å². The molecule has 218 valence electrons. The highest BCUT2D eigenvalue weighted by Gasteiger charge is 2.61. The van der Waals surface area contributed by atoms with Gasteiger partial charge < -0.3 is 15.0 Å². The number of hydrogen-bond donors (Lipinski definition) is 2. The molecule has 3 aromatic carbocycles. The van der Waals surface area contributed by atoms with Gasteiger partial charge in [0, 0.05) is 37.9 Å². The Morgan fingerprint density at radius 2 is 1.69 bits per heavy atom. The average Bonchev–Trinajstić information content (AvgIpc) is 3.52. The van der Waals surface area contributed by atoms with Crippen LogP contribution in [0.5, 0.6) is 5.75 Å². The van der Waals surface area contributed by atoms with Crippen LogP contribution < -0.4 is 14.8 Å². The summed E-state index contributed by atoms with van der Waals surface area (Å²) in [5, 5.41) is 2.84. The molecule has 10 heteroatoms. The molecule has 9 nitrogen and oxygen atoms in total. The molecule has 2 aliphatic rings. The number of sulfonamides is 1. The van der Waals surface area contributed by atoms with Gasteiger partial charge in [0.2, 0.25) is 11.8 Å². The smallest absolute Gasteiger partial charge is 0.264 e. The normalized spacial score (nSPS) is 23.1. The number of likely N-dealkylation sites (tertiary alicyclic amines) is 1. The third-order valence-electron chi connectivity index (χ3n) is 7.97. The lowest BCUT2D eigenvalue weighted by molar-refractivity contribution is -0.132. The molecular formula is C32H33N3O6S. The minimum atomic E-state index is -4.29. The molecule has 0 bridgehead atoms. The molecule has 1 saturated carbocycles. The lowest BCUT2D eigenvalue weighted by atomic mass is 9.88. The Balaban J connectivity index is 1.31. The van der Waals surface area contributed by atoms with Crippen LogP contribution in [0.1, 0.15) is 30.4 Å². The van der Waals surface area contributed by atoms with Crippen LogP contribution in [0.4, 0.5) is 0 Å². The van der Waals surface area contributed by atoms with Crippen molar-refractivity contribution in [2.75, 3.05) is 13.1 Å². The topological polar surface area (TPSA) is 122 Å². The van der Waals surface area contributed by atoms with Crippen LogP contribution in [0.25, 0.3) is 0 Å². The van der Waals surface area contributed by atoms with Gasteiger partial charge in [-0.15, -0.1) is 6.58 Å². The third-order valence-corrected chi connectivity index (χ3v) is 9.30. The molecule has 1 aliphatic carbocycles. The quantitative estimate of drug-likeness (QED) is 0.351. The van der Waals surface area contributed by atoms with E-state index < -0.39 is 39.2 Å². The van der Waals surface area contributed by atoms with E-state index in [1.54, 1.807) is 11.0 Å². The Morgan fingerprint density at radius 3 is 2.33 bits per heavy atom. The standard InChI is InChI=1S/C32H33N3O6S/c1-3-25-18-32(25,33-30(37)29-20-35(22(2)36)19-28(29)24-13-8-5-9-14-24)31(38)34-42(39,40)27-16-10-15-26(17-27)41-21-23-11-6-4-7-12-23/h3-17,25,28-29H,1,18-21H2,2H3,(H,33,37)(H,34,38)/t25-,28+,29-,32-/m1/s1. The summed E-state index contributed by atoms with van der Waals surface area (Å²) < 4.78 is 34.4.